The molecule has 17 heavy (non-hydrogen) atoms. The Morgan fingerprint density at radius 2 is 2.24 bits per heavy atom. The highest BCUT2D eigenvalue weighted by Gasteiger charge is 2.37. The highest BCUT2D eigenvalue weighted by atomic mass is 16.5. The highest BCUT2D eigenvalue weighted by Crippen LogP contribution is 2.22. The maximum Gasteiger partial charge on any atom is 0.229 e. The zero-order chi connectivity index (χ0) is 12.4. The number of aliphatic hydroxyl groups is 1. The number of piperidine rings is 1. The average molecular weight is 242 g/mol. The second-order valence-electron chi connectivity index (χ2n) is 5.16. The zero-order valence-corrected chi connectivity index (χ0v) is 10.6. The number of nitrogens with zero attached hydrogens (tertiary/aromatic N) is 1. The van der Waals surface area contributed by atoms with Crippen molar-refractivity contribution in [1.82, 2.24) is 10.2 Å². The number of hydrogen-bond donors (Lipinski definition) is 2. The molecule has 2 fully saturated rings. The lowest BCUT2D eigenvalue weighted by atomic mass is 9.94. The van der Waals surface area contributed by atoms with Crippen molar-refractivity contribution in [2.75, 3.05) is 33.4 Å². The molecule has 0 spiro atoms. The minimum absolute atomic E-state index is 0.0967. The van der Waals surface area contributed by atoms with Crippen molar-refractivity contribution in [1.29, 1.82) is 0 Å². The van der Waals surface area contributed by atoms with Gasteiger partial charge in [-0.1, -0.05) is 6.92 Å². The van der Waals surface area contributed by atoms with E-state index >= 15 is 0 Å². The number of rotatable bonds is 2. The Balaban J connectivity index is 1.95. The Hall–Kier alpha value is -0.650. The van der Waals surface area contributed by atoms with Crippen LogP contribution in [0.1, 0.15) is 13.3 Å². The van der Waals surface area contributed by atoms with Crippen LogP contribution in [0.25, 0.3) is 0 Å². The number of hydrogen-bond acceptors (Lipinski definition) is 4. The van der Waals surface area contributed by atoms with Crippen molar-refractivity contribution in [3.63, 3.8) is 0 Å². The topological polar surface area (TPSA) is 61.8 Å². The van der Waals surface area contributed by atoms with Crippen LogP contribution in [0, 0.1) is 11.8 Å². The first kappa shape index (κ1) is 12.8. The summed E-state index contributed by atoms with van der Waals surface area (Å²) in [4.78, 5) is 14.1. The Bertz CT molecular complexity index is 285. The van der Waals surface area contributed by atoms with Crippen LogP contribution in [0.4, 0.5) is 0 Å². The maximum atomic E-state index is 12.3. The molecule has 98 valence electrons. The Labute approximate surface area is 102 Å². The van der Waals surface area contributed by atoms with E-state index < -0.39 is 0 Å². The first-order valence-electron chi connectivity index (χ1n) is 6.35. The Kier molecular flexibility index (Phi) is 4.01. The van der Waals surface area contributed by atoms with E-state index in [1.807, 2.05) is 14.0 Å². The summed E-state index contributed by atoms with van der Waals surface area (Å²) in [5.41, 5.74) is 0. The van der Waals surface area contributed by atoms with Gasteiger partial charge in [0.15, 0.2) is 0 Å². The summed E-state index contributed by atoms with van der Waals surface area (Å²) >= 11 is 0. The summed E-state index contributed by atoms with van der Waals surface area (Å²) in [5, 5.41) is 12.9. The van der Waals surface area contributed by atoms with Gasteiger partial charge in [-0.05, 0) is 19.4 Å². The van der Waals surface area contributed by atoms with Gasteiger partial charge in [0.05, 0.1) is 25.2 Å². The van der Waals surface area contributed by atoms with Gasteiger partial charge in [0.25, 0.3) is 0 Å². The van der Waals surface area contributed by atoms with Crippen LogP contribution in [0.5, 0.6) is 0 Å². The number of carbonyl (C=O) groups excluding carboxylic acids is 1. The number of β-amino-alcohol motifs (C(OH)–C–C–N with tert-alkyl or cyclic N) is 1. The summed E-state index contributed by atoms with van der Waals surface area (Å²) in [6, 6.07) is 0.110. The number of amides is 1. The maximum absolute atomic E-state index is 12.3. The third-order valence-electron chi connectivity index (χ3n) is 4.00. The van der Waals surface area contributed by atoms with Crippen molar-refractivity contribution >= 4 is 5.91 Å². The first-order valence-corrected chi connectivity index (χ1v) is 6.35. The fraction of sp³-hybridized carbons (Fsp3) is 0.917. The van der Waals surface area contributed by atoms with E-state index in [0.29, 0.717) is 25.7 Å². The van der Waals surface area contributed by atoms with Crippen molar-refractivity contribution in [3.05, 3.63) is 0 Å². The van der Waals surface area contributed by atoms with Crippen LogP contribution < -0.4 is 5.32 Å². The van der Waals surface area contributed by atoms with Crippen LogP contribution in [-0.2, 0) is 9.53 Å². The molecule has 5 nitrogen and oxygen atoms in total. The SMILES string of the molecule is CNC1COCC1C(=O)N1CCC(C)C(O)C1. The molecule has 0 aliphatic carbocycles. The monoisotopic (exact) mass is 242 g/mol. The summed E-state index contributed by atoms with van der Waals surface area (Å²) in [6.45, 7) is 4.34. The molecule has 2 saturated heterocycles. The van der Waals surface area contributed by atoms with Gasteiger partial charge in [0, 0.05) is 19.1 Å². The summed E-state index contributed by atoms with van der Waals surface area (Å²) < 4.78 is 5.35. The fourth-order valence-electron chi connectivity index (χ4n) is 2.57. The van der Waals surface area contributed by atoms with Crippen molar-refractivity contribution in [2.24, 2.45) is 11.8 Å². The quantitative estimate of drug-likeness (QED) is 0.682. The highest BCUT2D eigenvalue weighted by molar-refractivity contribution is 5.80. The fourth-order valence-corrected chi connectivity index (χ4v) is 2.57. The van der Waals surface area contributed by atoms with Gasteiger partial charge in [-0.25, -0.2) is 0 Å². The van der Waals surface area contributed by atoms with E-state index in [1.165, 1.54) is 0 Å². The van der Waals surface area contributed by atoms with Crippen molar-refractivity contribution < 1.29 is 14.6 Å². The molecule has 2 heterocycles. The normalized spacial score (nSPS) is 38.4. The molecular formula is C12H22N2O3. The van der Waals surface area contributed by atoms with Gasteiger partial charge in [-0.3, -0.25) is 4.79 Å². The molecule has 5 heteroatoms. The summed E-state index contributed by atoms with van der Waals surface area (Å²) in [5.74, 6) is 0.312. The number of carbonyl (C=O) groups is 1. The number of nitrogens with one attached hydrogen (secondary N) is 1. The molecular weight excluding hydrogens is 220 g/mol. The van der Waals surface area contributed by atoms with E-state index in [-0.39, 0.29) is 24.0 Å². The van der Waals surface area contributed by atoms with Gasteiger partial charge >= 0.3 is 0 Å². The van der Waals surface area contributed by atoms with Gasteiger partial charge in [-0.15, -0.1) is 0 Å². The standard InChI is InChI=1S/C12H22N2O3/c1-8-3-4-14(5-11(8)15)12(16)9-6-17-7-10(9)13-2/h8-11,13,15H,3-7H2,1-2H3. The largest absolute Gasteiger partial charge is 0.391 e. The molecule has 0 aromatic carbocycles. The van der Waals surface area contributed by atoms with Crippen molar-refractivity contribution in [3.8, 4) is 0 Å². The smallest absolute Gasteiger partial charge is 0.229 e. The molecule has 0 aromatic heterocycles. The molecule has 2 rings (SSSR count). The number of likely N-dealkylation sites (N-methyl/N-ethyl adjacent to an activating group) is 1. The number of likely N-dealkylation sites (tertiary alicyclic amines) is 1. The molecule has 0 aromatic rings. The zero-order valence-electron chi connectivity index (χ0n) is 10.6. The second kappa shape index (κ2) is 5.33. The van der Waals surface area contributed by atoms with E-state index in [4.69, 9.17) is 4.74 Å². The minimum Gasteiger partial charge on any atom is -0.391 e. The van der Waals surface area contributed by atoms with Gasteiger partial charge in [0.2, 0.25) is 5.91 Å². The molecule has 0 bridgehead atoms. The van der Waals surface area contributed by atoms with Gasteiger partial charge in [0.1, 0.15) is 0 Å². The lowest BCUT2D eigenvalue weighted by Crippen LogP contribution is -2.51. The second-order valence-corrected chi connectivity index (χ2v) is 5.16. The van der Waals surface area contributed by atoms with Gasteiger partial charge in [-0.2, -0.15) is 0 Å². The molecule has 2 aliphatic heterocycles. The van der Waals surface area contributed by atoms with E-state index in [2.05, 4.69) is 5.32 Å². The van der Waals surface area contributed by atoms with Gasteiger partial charge < -0.3 is 20.1 Å². The molecule has 0 saturated carbocycles. The molecule has 0 radical (unpaired) electrons. The van der Waals surface area contributed by atoms with Crippen molar-refractivity contribution in [2.45, 2.75) is 25.5 Å². The minimum atomic E-state index is -0.386. The third-order valence-corrected chi connectivity index (χ3v) is 4.00. The van der Waals surface area contributed by atoms with E-state index in [0.717, 1.165) is 13.0 Å². The van der Waals surface area contributed by atoms with Crippen LogP contribution >= 0.6 is 0 Å². The predicted octanol–water partition coefficient (Wildman–Crippen LogP) is -0.550. The third kappa shape index (κ3) is 2.61. The van der Waals surface area contributed by atoms with E-state index in [9.17, 15) is 9.90 Å². The predicted molar refractivity (Wildman–Crippen MR) is 63.5 cm³/mol. The summed E-state index contributed by atoms with van der Waals surface area (Å²) in [7, 11) is 1.85. The molecule has 2 aliphatic rings. The van der Waals surface area contributed by atoms with E-state index in [1.54, 1.807) is 4.90 Å². The molecule has 1 amide bonds. The van der Waals surface area contributed by atoms with Crippen LogP contribution in [-0.4, -0.2) is 61.4 Å². The lowest BCUT2D eigenvalue weighted by Gasteiger charge is -2.36. The number of aliphatic hydroxyl groups excluding tert-OH is 1. The first-order chi connectivity index (χ1) is 8.13. The van der Waals surface area contributed by atoms with Crippen LogP contribution in [0.3, 0.4) is 0 Å². The molecule has 4 unspecified atom stereocenters. The Morgan fingerprint density at radius 3 is 2.88 bits per heavy atom. The van der Waals surface area contributed by atoms with Crippen LogP contribution in [0.2, 0.25) is 0 Å². The molecule has 2 N–H and O–H groups in total. The number of ether oxygens (including phenoxy) is 1. The Morgan fingerprint density at radius 1 is 1.47 bits per heavy atom. The van der Waals surface area contributed by atoms with Crippen LogP contribution in [0.15, 0.2) is 0 Å². The molecule has 4 atom stereocenters. The average Bonchev–Trinajstić information content (AvgIpc) is 2.80. The lowest BCUT2D eigenvalue weighted by molar-refractivity contribution is -0.140. The summed E-state index contributed by atoms with van der Waals surface area (Å²) in [6.07, 6.45) is 0.494.